The Morgan fingerprint density at radius 3 is 2.04 bits per heavy atom. The molecular weight excluding hydrogens is 608 g/mol. The van der Waals surface area contributed by atoms with Gasteiger partial charge in [-0.05, 0) is 56.0 Å². The summed E-state index contributed by atoms with van der Waals surface area (Å²) in [5.74, 6) is -1.20. The fourth-order valence-electron chi connectivity index (χ4n) is 4.32. The molecule has 47 heavy (non-hydrogen) atoms. The first-order chi connectivity index (χ1) is 22.3. The van der Waals surface area contributed by atoms with Crippen LogP contribution in [0.3, 0.4) is 0 Å². The Balaban J connectivity index is 1.76. The molecule has 13 heteroatoms. The van der Waals surface area contributed by atoms with Crippen molar-refractivity contribution in [2.75, 3.05) is 7.11 Å². The van der Waals surface area contributed by atoms with E-state index in [9.17, 15) is 29.3 Å². The highest BCUT2D eigenvalue weighted by atomic mass is 16.6. The molecule has 3 rings (SSSR count). The molecule has 0 radical (unpaired) electrons. The van der Waals surface area contributed by atoms with Gasteiger partial charge in [0.2, 0.25) is 11.8 Å². The van der Waals surface area contributed by atoms with Crippen molar-refractivity contribution in [3.05, 3.63) is 106 Å². The van der Waals surface area contributed by atoms with E-state index in [1.54, 1.807) is 52.1 Å². The van der Waals surface area contributed by atoms with Gasteiger partial charge in [0.15, 0.2) is 0 Å². The summed E-state index contributed by atoms with van der Waals surface area (Å²) in [6.07, 6.45) is -1.21. The number of carbonyl (C=O) groups excluding carboxylic acids is 4. The lowest BCUT2D eigenvalue weighted by molar-refractivity contribution is -0.384. The smallest absolute Gasteiger partial charge is 0.408 e. The fourth-order valence-corrected chi connectivity index (χ4v) is 4.32. The molecule has 0 unspecified atom stereocenters. The Morgan fingerprint density at radius 2 is 1.45 bits per heavy atom. The first kappa shape index (κ1) is 36.0. The molecular formula is C34H40N4O9. The van der Waals surface area contributed by atoms with Crippen molar-refractivity contribution in [1.82, 2.24) is 16.0 Å². The highest BCUT2D eigenvalue weighted by Crippen LogP contribution is 2.15. The molecule has 0 bridgehead atoms. The quantitative estimate of drug-likeness (QED) is 0.123. The van der Waals surface area contributed by atoms with Crippen LogP contribution in [0.1, 0.15) is 50.3 Å². The molecule has 0 aromatic heterocycles. The second kappa shape index (κ2) is 17.3. The molecule has 0 saturated heterocycles. The number of rotatable bonds is 15. The second-order valence-corrected chi connectivity index (χ2v) is 11.6. The Bertz CT molecular complexity index is 1510. The lowest BCUT2D eigenvalue weighted by Gasteiger charge is -2.25. The molecule has 0 saturated carbocycles. The minimum absolute atomic E-state index is 0.0531. The molecule has 0 aliphatic carbocycles. The van der Waals surface area contributed by atoms with E-state index < -0.39 is 46.5 Å². The fraction of sp³-hybridized carbons (Fsp3) is 0.353. The Hall–Kier alpha value is -5.46. The molecule has 0 spiro atoms. The Kier molecular flexibility index (Phi) is 13.3. The van der Waals surface area contributed by atoms with Crippen molar-refractivity contribution < 1.29 is 38.3 Å². The molecule has 0 aliphatic heterocycles. The van der Waals surface area contributed by atoms with Gasteiger partial charge >= 0.3 is 12.1 Å². The zero-order valence-corrected chi connectivity index (χ0v) is 26.8. The van der Waals surface area contributed by atoms with Crippen LogP contribution < -0.4 is 20.7 Å². The maximum atomic E-state index is 13.6. The van der Waals surface area contributed by atoms with Gasteiger partial charge in [0, 0.05) is 31.5 Å². The average Bonchev–Trinajstić information content (AvgIpc) is 3.04. The third-order valence-corrected chi connectivity index (χ3v) is 6.73. The number of amides is 3. The summed E-state index contributed by atoms with van der Waals surface area (Å²) in [5.41, 5.74) is 1.08. The van der Waals surface area contributed by atoms with Crippen molar-refractivity contribution in [3.63, 3.8) is 0 Å². The van der Waals surface area contributed by atoms with E-state index in [2.05, 4.69) is 16.0 Å². The highest BCUT2D eigenvalue weighted by molar-refractivity contribution is 5.91. The number of nitrogens with zero attached hydrogens (tertiary/aromatic N) is 1. The normalized spacial score (nSPS) is 12.2. The molecule has 3 aromatic rings. The number of ether oxygens (including phenoxy) is 3. The van der Waals surface area contributed by atoms with Crippen LogP contribution in [-0.4, -0.2) is 53.6 Å². The van der Waals surface area contributed by atoms with Gasteiger partial charge in [0.05, 0.1) is 12.0 Å². The van der Waals surface area contributed by atoms with Crippen LogP contribution in [0.25, 0.3) is 0 Å². The van der Waals surface area contributed by atoms with Gasteiger partial charge in [-0.3, -0.25) is 24.5 Å². The summed E-state index contributed by atoms with van der Waals surface area (Å²) >= 11 is 0. The molecule has 3 amide bonds. The van der Waals surface area contributed by atoms with E-state index in [1.165, 1.54) is 24.3 Å². The molecule has 13 nitrogen and oxygen atoms in total. The van der Waals surface area contributed by atoms with Crippen LogP contribution in [-0.2, 0) is 43.4 Å². The van der Waals surface area contributed by atoms with Crippen LogP contribution in [0.2, 0.25) is 0 Å². The summed E-state index contributed by atoms with van der Waals surface area (Å²) in [4.78, 5) is 62.8. The number of non-ortho nitro benzene ring substituents is 1. The third-order valence-electron chi connectivity index (χ3n) is 6.73. The average molecular weight is 649 g/mol. The standard InChI is InChI=1S/C34H40N4O9/c1-34(2,3)47-33(42)37-29(20-23-10-14-26(15-11-23)38(43)44)32(41)36-28(18-19-30(39)46-22-25-8-6-5-7-9-25)31(40)35-21-24-12-16-27(45-4)17-13-24/h5-17,28-29H,18-22H2,1-4H3,(H,35,40)(H,36,41)(H,37,42)/t28-,29-/m0/s1. The van der Waals surface area contributed by atoms with Gasteiger partial charge < -0.3 is 30.2 Å². The van der Waals surface area contributed by atoms with E-state index in [0.717, 1.165) is 11.1 Å². The highest BCUT2D eigenvalue weighted by Gasteiger charge is 2.29. The topological polar surface area (TPSA) is 175 Å². The van der Waals surface area contributed by atoms with Crippen LogP contribution in [0.15, 0.2) is 78.9 Å². The SMILES string of the molecule is COc1ccc(CNC(=O)[C@H](CCC(=O)OCc2ccccc2)NC(=O)[C@H](Cc2ccc([N+](=O)[O-])cc2)NC(=O)OC(C)(C)C)cc1. The van der Waals surface area contributed by atoms with Crippen LogP contribution >= 0.6 is 0 Å². The maximum absolute atomic E-state index is 13.6. The summed E-state index contributed by atoms with van der Waals surface area (Å²) in [6, 6.07) is 19.3. The van der Waals surface area contributed by atoms with Crippen molar-refractivity contribution in [2.45, 2.75) is 70.9 Å². The third kappa shape index (κ3) is 12.8. The first-order valence-corrected chi connectivity index (χ1v) is 15.0. The Morgan fingerprint density at radius 1 is 0.809 bits per heavy atom. The zero-order valence-electron chi connectivity index (χ0n) is 26.8. The summed E-state index contributed by atoms with van der Waals surface area (Å²) < 4.78 is 15.9. The van der Waals surface area contributed by atoms with Gasteiger partial charge in [-0.25, -0.2) is 4.79 Å². The van der Waals surface area contributed by atoms with Crippen molar-refractivity contribution in [3.8, 4) is 5.75 Å². The van der Waals surface area contributed by atoms with Crippen LogP contribution in [0.5, 0.6) is 5.75 Å². The summed E-state index contributed by atoms with van der Waals surface area (Å²) in [6.45, 7) is 5.18. The molecule has 2 atom stereocenters. The van der Waals surface area contributed by atoms with Crippen LogP contribution in [0, 0.1) is 10.1 Å². The second-order valence-electron chi connectivity index (χ2n) is 11.6. The summed E-state index contributed by atoms with van der Waals surface area (Å²) in [7, 11) is 1.54. The summed E-state index contributed by atoms with van der Waals surface area (Å²) in [5, 5.41) is 19.1. The number of methoxy groups -OCH3 is 1. The lowest BCUT2D eigenvalue weighted by Crippen LogP contribution is -2.55. The molecule has 0 aliphatic rings. The van der Waals surface area contributed by atoms with Gasteiger partial charge in [0.25, 0.3) is 5.69 Å². The molecule has 3 N–H and O–H groups in total. The van der Waals surface area contributed by atoms with Crippen molar-refractivity contribution >= 4 is 29.6 Å². The molecule has 0 heterocycles. The van der Waals surface area contributed by atoms with Crippen molar-refractivity contribution in [2.24, 2.45) is 0 Å². The van der Waals surface area contributed by atoms with E-state index in [-0.39, 0.29) is 38.1 Å². The number of hydrogen-bond acceptors (Lipinski definition) is 9. The minimum atomic E-state index is -1.23. The number of nitrogens with one attached hydrogen (secondary N) is 3. The van der Waals surface area contributed by atoms with Gasteiger partial charge in [-0.2, -0.15) is 0 Å². The number of hydrogen-bond donors (Lipinski definition) is 3. The predicted molar refractivity (Wildman–Crippen MR) is 172 cm³/mol. The van der Waals surface area contributed by atoms with Crippen LogP contribution in [0.4, 0.5) is 10.5 Å². The Labute approximate surface area is 273 Å². The van der Waals surface area contributed by atoms with E-state index in [0.29, 0.717) is 11.3 Å². The van der Waals surface area contributed by atoms with E-state index >= 15 is 0 Å². The van der Waals surface area contributed by atoms with E-state index in [1.807, 2.05) is 30.3 Å². The van der Waals surface area contributed by atoms with Gasteiger partial charge in [0.1, 0.15) is 30.0 Å². The number of esters is 1. The molecule has 0 fully saturated rings. The van der Waals surface area contributed by atoms with Crippen molar-refractivity contribution in [1.29, 1.82) is 0 Å². The van der Waals surface area contributed by atoms with Gasteiger partial charge in [-0.15, -0.1) is 0 Å². The largest absolute Gasteiger partial charge is 0.497 e. The lowest BCUT2D eigenvalue weighted by atomic mass is 10.0. The molecule has 250 valence electrons. The van der Waals surface area contributed by atoms with Gasteiger partial charge in [-0.1, -0.05) is 54.6 Å². The number of carbonyl (C=O) groups is 4. The number of alkyl carbamates (subject to hydrolysis) is 1. The first-order valence-electron chi connectivity index (χ1n) is 15.0. The number of benzene rings is 3. The maximum Gasteiger partial charge on any atom is 0.408 e. The number of nitro benzene ring substituents is 1. The van der Waals surface area contributed by atoms with E-state index in [4.69, 9.17) is 14.2 Å². The monoisotopic (exact) mass is 648 g/mol. The minimum Gasteiger partial charge on any atom is -0.497 e. The molecule has 3 aromatic carbocycles. The zero-order chi connectivity index (χ0) is 34.4. The number of nitro groups is 1. The predicted octanol–water partition coefficient (Wildman–Crippen LogP) is 4.36.